The molecule has 1 fully saturated rings. The number of carbonyl (C=O) groups is 1. The van der Waals surface area contributed by atoms with E-state index in [9.17, 15) is 4.79 Å². The van der Waals surface area contributed by atoms with E-state index < -0.39 is 0 Å². The maximum absolute atomic E-state index is 12.6. The molecule has 0 amide bonds. The minimum atomic E-state index is 0.0875. The van der Waals surface area contributed by atoms with Gasteiger partial charge in [0.2, 0.25) is 0 Å². The zero-order valence-corrected chi connectivity index (χ0v) is 18.5. The molecule has 5 heteroatoms. The average Bonchev–Trinajstić information content (AvgIpc) is 2.70. The topological polar surface area (TPSA) is 44.8 Å². The molecule has 1 aromatic rings. The second kappa shape index (κ2) is 9.66. The lowest BCUT2D eigenvalue weighted by Crippen LogP contribution is -2.55. The van der Waals surface area contributed by atoms with Crippen LogP contribution in [0, 0.1) is 5.41 Å². The summed E-state index contributed by atoms with van der Waals surface area (Å²) in [6, 6.07) is 8.37. The molecule has 1 saturated heterocycles. The minimum Gasteiger partial charge on any atom is -0.494 e. The Kier molecular flexibility index (Phi) is 7.23. The molecule has 3 rings (SSSR count). The molecule has 0 spiro atoms. The van der Waals surface area contributed by atoms with E-state index in [0.717, 1.165) is 56.9 Å². The summed E-state index contributed by atoms with van der Waals surface area (Å²) in [6.45, 7) is 13.2. The van der Waals surface area contributed by atoms with Gasteiger partial charge in [0.1, 0.15) is 5.75 Å². The van der Waals surface area contributed by atoms with Crippen molar-refractivity contribution < 1.29 is 9.53 Å². The van der Waals surface area contributed by atoms with E-state index in [2.05, 4.69) is 60.2 Å². The first kappa shape index (κ1) is 21.7. The summed E-state index contributed by atoms with van der Waals surface area (Å²) < 4.78 is 5.65. The molecule has 1 atom stereocenters. The normalized spacial score (nSPS) is 20.9. The van der Waals surface area contributed by atoms with Crippen molar-refractivity contribution in [3.05, 3.63) is 36.0 Å². The van der Waals surface area contributed by atoms with Gasteiger partial charge in [-0.3, -0.25) is 9.69 Å². The molecule has 160 valence electrons. The first-order valence-corrected chi connectivity index (χ1v) is 11.1. The van der Waals surface area contributed by atoms with Gasteiger partial charge >= 0.3 is 0 Å². The maximum atomic E-state index is 12.6. The lowest BCUT2D eigenvalue weighted by molar-refractivity contribution is -0.118. The molecule has 1 aliphatic carbocycles. The van der Waals surface area contributed by atoms with Crippen LogP contribution in [0.5, 0.6) is 5.75 Å². The van der Waals surface area contributed by atoms with Crippen LogP contribution in [-0.2, 0) is 4.79 Å². The Balaban J connectivity index is 1.60. The summed E-state index contributed by atoms with van der Waals surface area (Å²) in [6.07, 6.45) is 6.09. The van der Waals surface area contributed by atoms with E-state index >= 15 is 0 Å². The van der Waals surface area contributed by atoms with Crippen LogP contribution in [0.2, 0.25) is 0 Å². The Morgan fingerprint density at radius 1 is 1.17 bits per heavy atom. The van der Waals surface area contributed by atoms with Crippen LogP contribution in [0.25, 0.3) is 0 Å². The minimum absolute atomic E-state index is 0.0875. The van der Waals surface area contributed by atoms with Crippen molar-refractivity contribution in [3.63, 3.8) is 0 Å². The molecule has 1 heterocycles. The highest BCUT2D eigenvalue weighted by Crippen LogP contribution is 2.32. The number of nitrogens with zero attached hydrogens (tertiary/aromatic N) is 2. The number of Topliss-reactive ketones (excluding diaryl/α,β-unsaturated/α-hetero) is 1. The first-order valence-electron chi connectivity index (χ1n) is 11.1. The quantitative estimate of drug-likeness (QED) is 0.710. The number of carbonyl (C=O) groups excluding carboxylic acids is 1. The smallest absolute Gasteiger partial charge is 0.178 e. The summed E-state index contributed by atoms with van der Waals surface area (Å²) in [4.78, 5) is 17.5. The number of piperazine rings is 1. The van der Waals surface area contributed by atoms with Gasteiger partial charge in [-0.15, -0.1) is 0 Å². The lowest BCUT2D eigenvalue weighted by atomic mass is 9.79. The van der Waals surface area contributed by atoms with Crippen molar-refractivity contribution in [2.75, 3.05) is 37.7 Å². The van der Waals surface area contributed by atoms with Gasteiger partial charge in [-0.05, 0) is 37.3 Å². The van der Waals surface area contributed by atoms with Crippen molar-refractivity contribution in [2.24, 2.45) is 5.41 Å². The molecular weight excluding hydrogens is 362 g/mol. The van der Waals surface area contributed by atoms with E-state index in [1.54, 1.807) is 0 Å². The number of nitrogens with one attached hydrogen (secondary N) is 1. The molecule has 29 heavy (non-hydrogen) atoms. The van der Waals surface area contributed by atoms with E-state index in [1.165, 1.54) is 5.69 Å². The number of ketones is 1. The van der Waals surface area contributed by atoms with Crippen LogP contribution in [0.15, 0.2) is 36.0 Å². The Bertz CT molecular complexity index is 721. The second-order valence-electron chi connectivity index (χ2n) is 8.99. The fourth-order valence-electron chi connectivity index (χ4n) is 4.26. The zero-order valence-electron chi connectivity index (χ0n) is 18.5. The zero-order chi connectivity index (χ0) is 20.9. The summed E-state index contributed by atoms with van der Waals surface area (Å²) in [5, 5.41) is 3.59. The van der Waals surface area contributed by atoms with Gasteiger partial charge in [-0.25, -0.2) is 0 Å². The molecule has 0 radical (unpaired) electrons. The highest BCUT2D eigenvalue weighted by molar-refractivity contribution is 5.96. The molecule has 0 aromatic heterocycles. The van der Waals surface area contributed by atoms with Crippen molar-refractivity contribution in [3.8, 4) is 5.75 Å². The molecule has 1 N–H and O–H groups in total. The van der Waals surface area contributed by atoms with Gasteiger partial charge in [0.15, 0.2) is 5.78 Å². The molecular formula is C24H37N3O2. The average molecular weight is 400 g/mol. The number of ether oxygens (including phenoxy) is 1. The van der Waals surface area contributed by atoms with Crippen molar-refractivity contribution in [1.82, 2.24) is 10.2 Å². The predicted octanol–water partition coefficient (Wildman–Crippen LogP) is 4.20. The van der Waals surface area contributed by atoms with Crippen LogP contribution < -0.4 is 15.0 Å². The lowest BCUT2D eigenvalue weighted by Gasteiger charge is -2.41. The SMILES string of the molecule is CCCC(NC1=CCC(C)(C)CC1=O)N1CCN(c2cccc(OCC)c2)CC1. The third-order valence-electron chi connectivity index (χ3n) is 5.93. The van der Waals surface area contributed by atoms with Crippen molar-refractivity contribution >= 4 is 11.5 Å². The van der Waals surface area contributed by atoms with Crippen molar-refractivity contribution in [1.29, 1.82) is 0 Å². The number of anilines is 1. The monoisotopic (exact) mass is 399 g/mol. The highest BCUT2D eigenvalue weighted by Gasteiger charge is 2.30. The number of hydrogen-bond donors (Lipinski definition) is 1. The number of benzene rings is 1. The summed E-state index contributed by atoms with van der Waals surface area (Å²) in [5.41, 5.74) is 2.14. The maximum Gasteiger partial charge on any atom is 0.178 e. The molecule has 0 saturated carbocycles. The van der Waals surface area contributed by atoms with Crippen LogP contribution >= 0.6 is 0 Å². The Labute approximate surface area is 176 Å². The van der Waals surface area contributed by atoms with Gasteiger partial charge in [0.25, 0.3) is 0 Å². The number of allylic oxidation sites excluding steroid dienone is 2. The Morgan fingerprint density at radius 2 is 1.93 bits per heavy atom. The third-order valence-corrected chi connectivity index (χ3v) is 5.93. The molecule has 0 bridgehead atoms. The second-order valence-corrected chi connectivity index (χ2v) is 8.99. The molecule has 5 nitrogen and oxygen atoms in total. The van der Waals surface area contributed by atoms with Gasteiger partial charge in [-0.1, -0.05) is 39.3 Å². The molecule has 2 aliphatic rings. The molecule has 1 aliphatic heterocycles. The summed E-state index contributed by atoms with van der Waals surface area (Å²) in [7, 11) is 0. The van der Waals surface area contributed by atoms with E-state index in [1.807, 2.05) is 13.0 Å². The molecule has 1 unspecified atom stereocenters. The Hall–Kier alpha value is -2.01. The highest BCUT2D eigenvalue weighted by atomic mass is 16.5. The van der Waals surface area contributed by atoms with Gasteiger partial charge in [0.05, 0.1) is 18.5 Å². The van der Waals surface area contributed by atoms with E-state index in [0.29, 0.717) is 13.0 Å². The van der Waals surface area contributed by atoms with Crippen LogP contribution in [0.3, 0.4) is 0 Å². The van der Waals surface area contributed by atoms with Crippen LogP contribution in [0.4, 0.5) is 5.69 Å². The fourth-order valence-corrected chi connectivity index (χ4v) is 4.26. The summed E-state index contributed by atoms with van der Waals surface area (Å²) in [5.74, 6) is 1.19. The number of rotatable bonds is 8. The van der Waals surface area contributed by atoms with Crippen molar-refractivity contribution in [2.45, 2.75) is 59.5 Å². The third kappa shape index (κ3) is 5.75. The standard InChI is InChI=1S/C24H37N3O2/c1-5-8-23(25-21-11-12-24(3,4)18-22(21)28)27-15-13-26(14-16-27)19-9-7-10-20(17-19)29-6-2/h7,9-11,17,23,25H,5-6,8,12-16,18H2,1-4H3. The van der Waals surface area contributed by atoms with Gasteiger partial charge < -0.3 is 15.0 Å². The fraction of sp³-hybridized carbons (Fsp3) is 0.625. The first-order chi connectivity index (χ1) is 13.9. The number of hydrogen-bond acceptors (Lipinski definition) is 5. The predicted molar refractivity (Wildman–Crippen MR) is 119 cm³/mol. The molecule has 1 aromatic carbocycles. The van der Waals surface area contributed by atoms with Gasteiger partial charge in [0, 0.05) is 44.4 Å². The van der Waals surface area contributed by atoms with Gasteiger partial charge in [-0.2, -0.15) is 0 Å². The van der Waals surface area contributed by atoms with E-state index in [-0.39, 0.29) is 17.4 Å². The van der Waals surface area contributed by atoms with Crippen LogP contribution in [0.1, 0.15) is 53.4 Å². The van der Waals surface area contributed by atoms with E-state index in [4.69, 9.17) is 4.74 Å². The Morgan fingerprint density at radius 3 is 2.59 bits per heavy atom. The van der Waals surface area contributed by atoms with Crippen LogP contribution in [-0.4, -0.2) is 49.6 Å². The largest absolute Gasteiger partial charge is 0.494 e. The summed E-state index contributed by atoms with van der Waals surface area (Å²) >= 11 is 0.